The maximum absolute atomic E-state index is 4.15. The van der Waals surface area contributed by atoms with Gasteiger partial charge >= 0.3 is 0 Å². The van der Waals surface area contributed by atoms with Gasteiger partial charge in [-0.05, 0) is 62.1 Å². The van der Waals surface area contributed by atoms with Gasteiger partial charge in [0.25, 0.3) is 0 Å². The van der Waals surface area contributed by atoms with Crippen molar-refractivity contribution in [2.24, 2.45) is 0 Å². The van der Waals surface area contributed by atoms with E-state index >= 15 is 0 Å². The van der Waals surface area contributed by atoms with Crippen molar-refractivity contribution in [1.82, 2.24) is 0 Å². The molecule has 0 spiro atoms. The number of hydrogen-bond donors (Lipinski definition) is 1. The summed E-state index contributed by atoms with van der Waals surface area (Å²) in [5, 5.41) is 3.43. The van der Waals surface area contributed by atoms with Gasteiger partial charge in [0, 0.05) is 11.4 Å². The lowest BCUT2D eigenvalue weighted by molar-refractivity contribution is 1.34. The van der Waals surface area contributed by atoms with Crippen LogP contribution in [0.2, 0.25) is 0 Å². The Hall–Kier alpha value is -2.28. The summed E-state index contributed by atoms with van der Waals surface area (Å²) in [6.07, 6.45) is 0. The van der Waals surface area contributed by atoms with E-state index in [1.54, 1.807) is 0 Å². The van der Waals surface area contributed by atoms with Crippen molar-refractivity contribution in [1.29, 1.82) is 0 Å². The van der Waals surface area contributed by atoms with Crippen LogP contribution in [0.4, 0.5) is 5.69 Å². The van der Waals surface area contributed by atoms with Crippen molar-refractivity contribution >= 4 is 17.0 Å². The van der Waals surface area contributed by atoms with Crippen LogP contribution >= 0.6 is 0 Å². The summed E-state index contributed by atoms with van der Waals surface area (Å²) in [7, 11) is 0. The van der Waals surface area contributed by atoms with E-state index in [9.17, 15) is 0 Å². The normalized spacial score (nSPS) is 10.3. The third-order valence-corrected chi connectivity index (χ3v) is 3.72. The number of aryl methyl sites for hydroxylation is 3. The molecule has 0 aliphatic carbocycles. The highest BCUT2D eigenvalue weighted by molar-refractivity contribution is 5.78. The van der Waals surface area contributed by atoms with Crippen LogP contribution in [0.3, 0.4) is 0 Å². The van der Waals surface area contributed by atoms with Gasteiger partial charge in [-0.2, -0.15) is 0 Å². The third kappa shape index (κ3) is 3.43. The first-order valence-electron chi connectivity index (χ1n) is 7.18. The van der Waals surface area contributed by atoms with Crippen LogP contribution in [-0.2, 0) is 0 Å². The fraction of sp³-hybridized carbons (Fsp3) is 0.200. The van der Waals surface area contributed by atoms with Crippen LogP contribution in [0.1, 0.15) is 34.7 Å². The van der Waals surface area contributed by atoms with Crippen LogP contribution in [-0.4, -0.2) is 0 Å². The van der Waals surface area contributed by atoms with E-state index in [1.807, 2.05) is 6.92 Å². The molecule has 0 radical (unpaired) electrons. The molecule has 21 heavy (non-hydrogen) atoms. The molecule has 2 aromatic rings. The van der Waals surface area contributed by atoms with Gasteiger partial charge in [0.2, 0.25) is 0 Å². The first kappa shape index (κ1) is 15.1. The van der Waals surface area contributed by atoms with E-state index in [0.717, 1.165) is 22.5 Å². The molecular formula is C20H23N. The van der Waals surface area contributed by atoms with E-state index < -0.39 is 0 Å². The molecule has 0 unspecified atom stereocenters. The monoisotopic (exact) mass is 277 g/mol. The number of hydrogen-bond acceptors (Lipinski definition) is 1. The summed E-state index contributed by atoms with van der Waals surface area (Å²) < 4.78 is 0. The van der Waals surface area contributed by atoms with Crippen LogP contribution in [0.25, 0.3) is 11.3 Å². The van der Waals surface area contributed by atoms with E-state index in [1.165, 1.54) is 22.3 Å². The van der Waals surface area contributed by atoms with Gasteiger partial charge in [-0.25, -0.2) is 0 Å². The molecular weight excluding hydrogens is 254 g/mol. The molecule has 0 heterocycles. The number of benzene rings is 2. The second kappa shape index (κ2) is 6.01. The second-order valence-electron chi connectivity index (χ2n) is 5.73. The number of allylic oxidation sites excluding steroid dienone is 1. The minimum Gasteiger partial charge on any atom is -0.355 e. The molecule has 0 atom stereocenters. The second-order valence-corrected chi connectivity index (χ2v) is 5.73. The van der Waals surface area contributed by atoms with E-state index in [4.69, 9.17) is 0 Å². The predicted octanol–water partition coefficient (Wildman–Crippen LogP) is 5.73. The maximum atomic E-state index is 4.15. The average molecular weight is 277 g/mol. The van der Waals surface area contributed by atoms with Gasteiger partial charge in [0.1, 0.15) is 0 Å². The van der Waals surface area contributed by atoms with Crippen molar-refractivity contribution in [2.45, 2.75) is 27.7 Å². The van der Waals surface area contributed by atoms with Crippen LogP contribution in [0.5, 0.6) is 0 Å². The van der Waals surface area contributed by atoms with Crippen LogP contribution in [0, 0.1) is 20.8 Å². The van der Waals surface area contributed by atoms with Gasteiger partial charge in [-0.3, -0.25) is 0 Å². The molecule has 0 aromatic heterocycles. The molecule has 0 bridgehead atoms. The molecule has 108 valence electrons. The van der Waals surface area contributed by atoms with Gasteiger partial charge in [0.15, 0.2) is 0 Å². The SMILES string of the molecule is C=C(Nc1cc(C)c(C(=C)C)cc1C)c1ccc(C)cc1. The first-order valence-corrected chi connectivity index (χ1v) is 7.18. The highest BCUT2D eigenvalue weighted by Gasteiger charge is 2.07. The minimum absolute atomic E-state index is 0.917. The summed E-state index contributed by atoms with van der Waals surface area (Å²) in [4.78, 5) is 0. The maximum Gasteiger partial charge on any atom is 0.0417 e. The van der Waals surface area contributed by atoms with Crippen molar-refractivity contribution in [3.05, 3.63) is 77.4 Å². The Kier molecular flexibility index (Phi) is 4.32. The lowest BCUT2D eigenvalue weighted by atomic mass is 9.98. The van der Waals surface area contributed by atoms with Gasteiger partial charge in [0.05, 0.1) is 0 Å². The van der Waals surface area contributed by atoms with Crippen LogP contribution in [0.15, 0.2) is 49.6 Å². The van der Waals surface area contributed by atoms with Crippen LogP contribution < -0.4 is 5.32 Å². The van der Waals surface area contributed by atoms with Gasteiger partial charge in [-0.15, -0.1) is 0 Å². The lowest BCUT2D eigenvalue weighted by Gasteiger charge is -2.16. The zero-order chi connectivity index (χ0) is 15.6. The fourth-order valence-electron chi connectivity index (χ4n) is 2.40. The summed E-state index contributed by atoms with van der Waals surface area (Å²) in [6, 6.07) is 12.7. The average Bonchev–Trinajstić information content (AvgIpc) is 2.42. The summed E-state index contributed by atoms with van der Waals surface area (Å²) in [6.45, 7) is 16.5. The minimum atomic E-state index is 0.917. The summed E-state index contributed by atoms with van der Waals surface area (Å²) >= 11 is 0. The first-order chi connectivity index (χ1) is 9.88. The standard InChI is InChI=1S/C20H23N/c1-13(2)19-11-16(5)20(12-15(19)4)21-17(6)18-9-7-14(3)8-10-18/h7-12,21H,1,6H2,2-5H3. The zero-order valence-electron chi connectivity index (χ0n) is 13.4. The Labute approximate surface area is 128 Å². The van der Waals surface area contributed by atoms with Crippen molar-refractivity contribution < 1.29 is 0 Å². The Morgan fingerprint density at radius 2 is 1.52 bits per heavy atom. The molecule has 1 heteroatoms. The van der Waals surface area contributed by atoms with Crippen molar-refractivity contribution in [2.75, 3.05) is 5.32 Å². The highest BCUT2D eigenvalue weighted by Crippen LogP contribution is 2.27. The molecule has 2 rings (SSSR count). The number of rotatable bonds is 4. The molecule has 1 nitrogen and oxygen atoms in total. The third-order valence-electron chi connectivity index (χ3n) is 3.72. The smallest absolute Gasteiger partial charge is 0.0417 e. The summed E-state index contributed by atoms with van der Waals surface area (Å²) in [5.41, 5.74) is 9.13. The van der Waals surface area contributed by atoms with E-state index in [2.05, 4.69) is 75.6 Å². The molecule has 0 saturated carbocycles. The fourth-order valence-corrected chi connectivity index (χ4v) is 2.40. The molecule has 2 aromatic carbocycles. The molecule has 0 aliphatic rings. The number of nitrogens with one attached hydrogen (secondary N) is 1. The Morgan fingerprint density at radius 3 is 2.10 bits per heavy atom. The molecule has 0 fully saturated rings. The lowest BCUT2D eigenvalue weighted by Crippen LogP contribution is -2.01. The largest absolute Gasteiger partial charge is 0.355 e. The van der Waals surface area contributed by atoms with E-state index in [0.29, 0.717) is 0 Å². The Bertz CT molecular complexity index is 691. The van der Waals surface area contributed by atoms with Gasteiger partial charge in [-0.1, -0.05) is 48.6 Å². The van der Waals surface area contributed by atoms with Gasteiger partial charge < -0.3 is 5.32 Å². The Balaban J connectivity index is 2.27. The number of anilines is 1. The quantitative estimate of drug-likeness (QED) is 0.752. The highest BCUT2D eigenvalue weighted by atomic mass is 14.9. The Morgan fingerprint density at radius 1 is 0.905 bits per heavy atom. The molecule has 0 saturated heterocycles. The predicted molar refractivity (Wildman–Crippen MR) is 94.5 cm³/mol. The molecule has 0 aliphatic heterocycles. The molecule has 0 amide bonds. The summed E-state index contributed by atoms with van der Waals surface area (Å²) in [5.74, 6) is 0. The zero-order valence-corrected chi connectivity index (χ0v) is 13.4. The topological polar surface area (TPSA) is 12.0 Å². The van der Waals surface area contributed by atoms with Crippen molar-refractivity contribution in [3.63, 3.8) is 0 Å². The molecule has 1 N–H and O–H groups in total. The van der Waals surface area contributed by atoms with Crippen molar-refractivity contribution in [3.8, 4) is 0 Å². The van der Waals surface area contributed by atoms with E-state index in [-0.39, 0.29) is 0 Å².